The van der Waals surface area contributed by atoms with Crippen molar-refractivity contribution in [3.63, 3.8) is 0 Å². The molecular formula is C15H20O. The van der Waals surface area contributed by atoms with Crippen LogP contribution in [-0.4, -0.2) is 5.78 Å². The molecule has 1 heteroatoms. The van der Waals surface area contributed by atoms with Crippen molar-refractivity contribution in [1.29, 1.82) is 0 Å². The van der Waals surface area contributed by atoms with Gasteiger partial charge in [-0.1, -0.05) is 57.4 Å². The first-order chi connectivity index (χ1) is 7.68. The molecule has 1 aliphatic carbocycles. The van der Waals surface area contributed by atoms with E-state index in [1.165, 1.54) is 24.8 Å². The number of carbonyl (C=O) groups excluding carboxylic acids is 1. The molecule has 86 valence electrons. The van der Waals surface area contributed by atoms with Gasteiger partial charge in [0.05, 0.1) is 0 Å². The number of hydrogen-bond donors (Lipinski definition) is 0. The summed E-state index contributed by atoms with van der Waals surface area (Å²) in [5.41, 5.74) is 2.15. The van der Waals surface area contributed by atoms with Gasteiger partial charge in [-0.25, -0.2) is 0 Å². The van der Waals surface area contributed by atoms with E-state index in [4.69, 9.17) is 0 Å². The summed E-state index contributed by atoms with van der Waals surface area (Å²) in [4.78, 5) is 12.2. The highest BCUT2D eigenvalue weighted by molar-refractivity contribution is 5.97. The predicted octanol–water partition coefficient (Wildman–Crippen LogP) is 4.18. The number of ketones is 1. The van der Waals surface area contributed by atoms with Gasteiger partial charge in [0.1, 0.15) is 0 Å². The molecule has 1 aliphatic rings. The quantitative estimate of drug-likeness (QED) is 0.690. The Morgan fingerprint density at radius 3 is 2.56 bits per heavy atom. The van der Waals surface area contributed by atoms with Crippen molar-refractivity contribution in [2.75, 3.05) is 0 Å². The van der Waals surface area contributed by atoms with Crippen LogP contribution in [0.15, 0.2) is 24.3 Å². The van der Waals surface area contributed by atoms with E-state index in [0.29, 0.717) is 17.6 Å². The van der Waals surface area contributed by atoms with Crippen LogP contribution in [0.4, 0.5) is 0 Å². The number of carbonyl (C=O) groups is 1. The van der Waals surface area contributed by atoms with Crippen molar-refractivity contribution in [3.05, 3.63) is 35.4 Å². The van der Waals surface area contributed by atoms with E-state index in [1.54, 1.807) is 0 Å². The standard InChI is InChI=1S/C15H20O/c1-11(2)13-8-3-4-9-14(13)15(16)10-12-6-5-7-12/h3-4,8-9,11-12H,5-7,10H2,1-2H3. The SMILES string of the molecule is CC(C)c1ccccc1C(=O)CC1CCC1. The first-order valence-corrected chi connectivity index (χ1v) is 6.30. The van der Waals surface area contributed by atoms with Gasteiger partial charge in [-0.3, -0.25) is 4.79 Å². The molecule has 1 fully saturated rings. The van der Waals surface area contributed by atoms with Crippen LogP contribution in [0.25, 0.3) is 0 Å². The third-order valence-electron chi connectivity index (χ3n) is 3.58. The second-order valence-electron chi connectivity index (χ2n) is 5.17. The van der Waals surface area contributed by atoms with E-state index >= 15 is 0 Å². The number of benzene rings is 1. The number of hydrogen-bond acceptors (Lipinski definition) is 1. The normalized spacial score (nSPS) is 16.2. The summed E-state index contributed by atoms with van der Waals surface area (Å²) in [6.07, 6.45) is 4.55. The van der Waals surface area contributed by atoms with E-state index in [-0.39, 0.29) is 0 Å². The van der Waals surface area contributed by atoms with Crippen molar-refractivity contribution in [2.24, 2.45) is 5.92 Å². The van der Waals surface area contributed by atoms with Crippen LogP contribution in [0, 0.1) is 5.92 Å². The molecule has 1 saturated carbocycles. The minimum atomic E-state index is 0.342. The zero-order valence-corrected chi connectivity index (χ0v) is 10.2. The molecule has 0 N–H and O–H groups in total. The molecule has 0 saturated heterocycles. The minimum Gasteiger partial charge on any atom is -0.294 e. The van der Waals surface area contributed by atoms with Crippen LogP contribution in [-0.2, 0) is 0 Å². The Morgan fingerprint density at radius 2 is 2.00 bits per heavy atom. The zero-order valence-electron chi connectivity index (χ0n) is 10.2. The lowest BCUT2D eigenvalue weighted by Gasteiger charge is -2.25. The molecule has 0 unspecified atom stereocenters. The molecule has 0 bridgehead atoms. The van der Waals surface area contributed by atoms with Crippen LogP contribution in [0.5, 0.6) is 0 Å². The lowest BCUT2D eigenvalue weighted by atomic mass is 9.80. The van der Waals surface area contributed by atoms with Crippen molar-refractivity contribution >= 4 is 5.78 Å². The zero-order chi connectivity index (χ0) is 11.5. The maximum Gasteiger partial charge on any atom is 0.163 e. The molecule has 1 aromatic rings. The van der Waals surface area contributed by atoms with Gasteiger partial charge in [-0.2, -0.15) is 0 Å². The van der Waals surface area contributed by atoms with Crippen molar-refractivity contribution in [2.45, 2.75) is 45.4 Å². The van der Waals surface area contributed by atoms with Crippen LogP contribution in [0.3, 0.4) is 0 Å². The Balaban J connectivity index is 2.14. The fourth-order valence-corrected chi connectivity index (χ4v) is 2.32. The van der Waals surface area contributed by atoms with Gasteiger partial charge in [-0.15, -0.1) is 0 Å². The fourth-order valence-electron chi connectivity index (χ4n) is 2.32. The Morgan fingerprint density at radius 1 is 1.31 bits per heavy atom. The lowest BCUT2D eigenvalue weighted by molar-refractivity contribution is 0.0935. The molecule has 16 heavy (non-hydrogen) atoms. The highest BCUT2D eigenvalue weighted by Gasteiger charge is 2.22. The molecular weight excluding hydrogens is 196 g/mol. The third kappa shape index (κ3) is 2.34. The molecule has 0 aliphatic heterocycles. The molecule has 0 atom stereocenters. The van der Waals surface area contributed by atoms with Gasteiger partial charge in [0, 0.05) is 12.0 Å². The highest BCUT2D eigenvalue weighted by Crippen LogP contribution is 2.31. The van der Waals surface area contributed by atoms with E-state index < -0.39 is 0 Å². The molecule has 1 nitrogen and oxygen atoms in total. The smallest absolute Gasteiger partial charge is 0.163 e. The Bertz CT molecular complexity index is 375. The Hall–Kier alpha value is -1.11. The van der Waals surface area contributed by atoms with E-state index in [9.17, 15) is 4.79 Å². The highest BCUT2D eigenvalue weighted by atomic mass is 16.1. The van der Waals surface area contributed by atoms with E-state index in [1.807, 2.05) is 18.2 Å². The first-order valence-electron chi connectivity index (χ1n) is 6.30. The minimum absolute atomic E-state index is 0.342. The molecule has 1 aromatic carbocycles. The van der Waals surface area contributed by atoms with Crippen LogP contribution < -0.4 is 0 Å². The summed E-state index contributed by atoms with van der Waals surface area (Å²) in [6, 6.07) is 8.06. The van der Waals surface area contributed by atoms with Gasteiger partial charge in [-0.05, 0) is 17.4 Å². The summed E-state index contributed by atoms with van der Waals surface area (Å²) in [5, 5.41) is 0. The van der Waals surface area contributed by atoms with Gasteiger partial charge >= 0.3 is 0 Å². The number of rotatable bonds is 4. The molecule has 0 aromatic heterocycles. The second-order valence-corrected chi connectivity index (χ2v) is 5.17. The van der Waals surface area contributed by atoms with Crippen LogP contribution >= 0.6 is 0 Å². The third-order valence-corrected chi connectivity index (χ3v) is 3.58. The lowest BCUT2D eigenvalue weighted by Crippen LogP contribution is -2.17. The van der Waals surface area contributed by atoms with E-state index in [2.05, 4.69) is 19.9 Å². The van der Waals surface area contributed by atoms with Gasteiger partial charge in [0.15, 0.2) is 5.78 Å². The predicted molar refractivity (Wildman–Crippen MR) is 66.8 cm³/mol. The van der Waals surface area contributed by atoms with Crippen LogP contribution in [0.1, 0.15) is 61.4 Å². The largest absolute Gasteiger partial charge is 0.294 e. The molecule has 0 spiro atoms. The average molecular weight is 216 g/mol. The monoisotopic (exact) mass is 216 g/mol. The summed E-state index contributed by atoms with van der Waals surface area (Å²) < 4.78 is 0. The summed E-state index contributed by atoms with van der Waals surface area (Å²) in [6.45, 7) is 4.30. The second kappa shape index (κ2) is 4.82. The number of Topliss-reactive ketones (excluding diaryl/α,β-unsaturated/α-hetero) is 1. The summed E-state index contributed by atoms with van der Waals surface area (Å²) >= 11 is 0. The van der Waals surface area contributed by atoms with Gasteiger partial charge < -0.3 is 0 Å². The Kier molecular flexibility index (Phi) is 3.42. The molecule has 0 amide bonds. The average Bonchev–Trinajstić information content (AvgIpc) is 2.23. The van der Waals surface area contributed by atoms with Gasteiger partial charge in [0.25, 0.3) is 0 Å². The Labute approximate surface area is 97.9 Å². The first kappa shape index (κ1) is 11.4. The van der Waals surface area contributed by atoms with Crippen molar-refractivity contribution < 1.29 is 4.79 Å². The van der Waals surface area contributed by atoms with Gasteiger partial charge in [0.2, 0.25) is 0 Å². The summed E-state index contributed by atoms with van der Waals surface area (Å²) in [5.74, 6) is 1.43. The molecule has 0 heterocycles. The summed E-state index contributed by atoms with van der Waals surface area (Å²) in [7, 11) is 0. The fraction of sp³-hybridized carbons (Fsp3) is 0.533. The molecule has 0 radical (unpaired) electrons. The maximum atomic E-state index is 12.2. The maximum absolute atomic E-state index is 12.2. The molecule has 2 rings (SSSR count). The van der Waals surface area contributed by atoms with Crippen LogP contribution in [0.2, 0.25) is 0 Å². The van der Waals surface area contributed by atoms with E-state index in [0.717, 1.165) is 12.0 Å². The topological polar surface area (TPSA) is 17.1 Å². The van der Waals surface area contributed by atoms with Crippen molar-refractivity contribution in [3.8, 4) is 0 Å². The van der Waals surface area contributed by atoms with Crippen molar-refractivity contribution in [1.82, 2.24) is 0 Å².